The Hall–Kier alpha value is -2.82. The van der Waals surface area contributed by atoms with Gasteiger partial charge in [-0.05, 0) is 84.9 Å². The van der Waals surface area contributed by atoms with Gasteiger partial charge in [0, 0.05) is 26.3 Å². The van der Waals surface area contributed by atoms with Crippen molar-refractivity contribution in [3.63, 3.8) is 0 Å². The molecule has 5 rings (SSSR count). The minimum Gasteiger partial charge on any atom is -0.297 e. The first-order valence-electron chi connectivity index (χ1n) is 12.2. The molecule has 36 heavy (non-hydrogen) atoms. The summed E-state index contributed by atoms with van der Waals surface area (Å²) in [5, 5.41) is 13.9. The van der Waals surface area contributed by atoms with Crippen molar-refractivity contribution in [3.8, 4) is 6.07 Å². The monoisotopic (exact) mass is 512 g/mol. The molecule has 1 saturated heterocycles. The SMILES string of the molecule is Cn1nccc1CN1CC[C@@]2(C1)CC2(CCc1ccc(C#N)c(Cl)c1)Cc1ccccc1C(F)(F)F. The van der Waals surface area contributed by atoms with Gasteiger partial charge in [-0.15, -0.1) is 0 Å². The van der Waals surface area contributed by atoms with Gasteiger partial charge in [-0.2, -0.15) is 23.5 Å². The molecule has 2 fully saturated rings. The normalized spacial score (nSPS) is 23.8. The third-order valence-electron chi connectivity index (χ3n) is 8.32. The first-order valence-corrected chi connectivity index (χ1v) is 12.6. The quantitative estimate of drug-likeness (QED) is 0.367. The minimum atomic E-state index is -4.37. The number of halogens is 4. The zero-order valence-electron chi connectivity index (χ0n) is 20.2. The summed E-state index contributed by atoms with van der Waals surface area (Å²) >= 11 is 6.25. The van der Waals surface area contributed by atoms with Crippen LogP contribution in [0, 0.1) is 22.2 Å². The van der Waals surface area contributed by atoms with Gasteiger partial charge in [0.15, 0.2) is 0 Å². The van der Waals surface area contributed by atoms with Crippen molar-refractivity contribution in [2.24, 2.45) is 17.9 Å². The summed E-state index contributed by atoms with van der Waals surface area (Å²) in [6, 6.07) is 15.5. The van der Waals surface area contributed by atoms with Gasteiger partial charge in [0.2, 0.25) is 0 Å². The number of rotatable bonds is 7. The number of hydrogen-bond acceptors (Lipinski definition) is 3. The zero-order chi connectivity index (χ0) is 25.6. The van der Waals surface area contributed by atoms with Gasteiger partial charge in [-0.25, -0.2) is 0 Å². The average molecular weight is 513 g/mol. The van der Waals surface area contributed by atoms with Crippen LogP contribution in [0.25, 0.3) is 0 Å². The summed E-state index contributed by atoms with van der Waals surface area (Å²) < 4.78 is 43.4. The highest BCUT2D eigenvalue weighted by Gasteiger charge is 2.67. The Balaban J connectivity index is 1.40. The maximum atomic E-state index is 13.8. The molecule has 0 amide bonds. The van der Waals surface area contributed by atoms with Crippen molar-refractivity contribution in [1.82, 2.24) is 14.7 Å². The number of alkyl halides is 3. The second kappa shape index (κ2) is 9.24. The van der Waals surface area contributed by atoms with E-state index in [9.17, 15) is 18.4 Å². The summed E-state index contributed by atoms with van der Waals surface area (Å²) in [6.45, 7) is 2.59. The molecule has 1 saturated carbocycles. The van der Waals surface area contributed by atoms with E-state index in [0.717, 1.165) is 50.2 Å². The van der Waals surface area contributed by atoms with Crippen molar-refractivity contribution < 1.29 is 13.2 Å². The van der Waals surface area contributed by atoms with Gasteiger partial charge in [0.05, 0.1) is 21.8 Å². The Bertz CT molecular complexity index is 1310. The molecule has 0 radical (unpaired) electrons. The average Bonchev–Trinajstić information content (AvgIpc) is 3.09. The number of nitrogens with zero attached hydrogens (tertiary/aromatic N) is 4. The minimum absolute atomic E-state index is 0.000687. The first-order chi connectivity index (χ1) is 17.1. The van der Waals surface area contributed by atoms with Crippen molar-refractivity contribution in [1.29, 1.82) is 5.26 Å². The van der Waals surface area contributed by atoms with E-state index in [1.165, 1.54) is 12.1 Å². The van der Waals surface area contributed by atoms with Crippen LogP contribution in [0.4, 0.5) is 13.2 Å². The lowest BCUT2D eigenvalue weighted by Crippen LogP contribution is -2.26. The van der Waals surface area contributed by atoms with Crippen molar-refractivity contribution in [2.75, 3.05) is 13.1 Å². The molecule has 2 aromatic carbocycles. The highest BCUT2D eigenvalue weighted by molar-refractivity contribution is 6.31. The van der Waals surface area contributed by atoms with Crippen LogP contribution in [-0.4, -0.2) is 27.8 Å². The highest BCUT2D eigenvalue weighted by Crippen LogP contribution is 2.72. The molecular weight excluding hydrogens is 485 g/mol. The lowest BCUT2D eigenvalue weighted by molar-refractivity contribution is -0.138. The Kier molecular flexibility index (Phi) is 6.38. The van der Waals surface area contributed by atoms with Gasteiger partial charge in [-0.3, -0.25) is 9.58 Å². The fraction of sp³-hybridized carbons (Fsp3) is 0.429. The second-order valence-corrected chi connectivity index (χ2v) is 10.8. The van der Waals surface area contributed by atoms with Gasteiger partial charge in [0.25, 0.3) is 0 Å². The molecule has 2 heterocycles. The summed E-state index contributed by atoms with van der Waals surface area (Å²) in [7, 11) is 1.93. The van der Waals surface area contributed by atoms with E-state index >= 15 is 0 Å². The smallest absolute Gasteiger partial charge is 0.297 e. The van der Waals surface area contributed by atoms with Gasteiger partial charge >= 0.3 is 6.18 Å². The number of nitriles is 1. The lowest BCUT2D eigenvalue weighted by Gasteiger charge is -2.25. The van der Waals surface area contributed by atoms with Crippen molar-refractivity contribution in [3.05, 3.63) is 87.7 Å². The van der Waals surface area contributed by atoms with Crippen LogP contribution in [0.5, 0.6) is 0 Å². The van der Waals surface area contributed by atoms with E-state index in [1.807, 2.05) is 29.9 Å². The molecular formula is C28H28ClF3N4. The summed E-state index contributed by atoms with van der Waals surface area (Å²) in [4.78, 5) is 2.41. The Morgan fingerprint density at radius 1 is 1.17 bits per heavy atom. The fourth-order valence-corrected chi connectivity index (χ4v) is 6.50. The molecule has 1 aliphatic heterocycles. The van der Waals surface area contributed by atoms with E-state index in [-0.39, 0.29) is 10.8 Å². The molecule has 2 aliphatic rings. The number of hydrogen-bond donors (Lipinski definition) is 0. The first kappa shape index (κ1) is 24.9. The topological polar surface area (TPSA) is 44.9 Å². The molecule has 8 heteroatoms. The van der Waals surface area contributed by atoms with Crippen LogP contribution in [0.15, 0.2) is 54.7 Å². The molecule has 1 unspecified atom stereocenters. The second-order valence-electron chi connectivity index (χ2n) is 10.4. The van der Waals surface area contributed by atoms with Crippen LogP contribution in [0.1, 0.15) is 47.2 Å². The van der Waals surface area contributed by atoms with Crippen LogP contribution in [0.3, 0.4) is 0 Å². The zero-order valence-corrected chi connectivity index (χ0v) is 20.9. The van der Waals surface area contributed by atoms with E-state index in [2.05, 4.69) is 16.1 Å². The Morgan fingerprint density at radius 3 is 2.67 bits per heavy atom. The molecule has 1 spiro atoms. The molecule has 3 aromatic rings. The molecule has 4 nitrogen and oxygen atoms in total. The van der Waals surface area contributed by atoms with Crippen LogP contribution >= 0.6 is 11.6 Å². The number of benzene rings is 2. The van der Waals surface area contributed by atoms with Crippen LogP contribution in [-0.2, 0) is 32.6 Å². The molecule has 1 aromatic heterocycles. The Labute approximate surface area is 214 Å². The van der Waals surface area contributed by atoms with E-state index in [4.69, 9.17) is 11.6 Å². The maximum absolute atomic E-state index is 13.8. The standard InChI is InChI=1S/C28H28ClF3N4/c1-35-23(9-12-34-35)17-36-13-11-27(19-36)18-26(27,10-8-20-6-7-22(16-33)25(29)14-20)15-21-4-2-3-5-24(21)28(30,31)32/h2-7,9,12,14H,8,10-11,13,15,17-19H2,1H3/t26?,27-/m0/s1. The van der Waals surface area contributed by atoms with E-state index in [0.29, 0.717) is 29.0 Å². The predicted molar refractivity (Wildman–Crippen MR) is 132 cm³/mol. The number of aryl methyl sites for hydroxylation is 2. The molecule has 188 valence electrons. The van der Waals surface area contributed by atoms with Crippen molar-refractivity contribution >= 4 is 11.6 Å². The lowest BCUT2D eigenvalue weighted by atomic mass is 9.80. The molecule has 0 N–H and O–H groups in total. The number of aromatic nitrogens is 2. The number of likely N-dealkylation sites (tertiary alicyclic amines) is 1. The largest absolute Gasteiger partial charge is 0.416 e. The predicted octanol–water partition coefficient (Wildman–Crippen LogP) is 6.42. The van der Waals surface area contributed by atoms with Crippen LogP contribution < -0.4 is 0 Å². The highest BCUT2D eigenvalue weighted by atomic mass is 35.5. The summed E-state index contributed by atoms with van der Waals surface area (Å²) in [5.41, 5.74) is 2.21. The third kappa shape index (κ3) is 4.65. The van der Waals surface area contributed by atoms with Crippen LogP contribution in [0.2, 0.25) is 5.02 Å². The van der Waals surface area contributed by atoms with Gasteiger partial charge in [-0.1, -0.05) is 35.9 Å². The van der Waals surface area contributed by atoms with Gasteiger partial charge < -0.3 is 0 Å². The third-order valence-corrected chi connectivity index (χ3v) is 8.63. The van der Waals surface area contributed by atoms with E-state index in [1.54, 1.807) is 24.4 Å². The summed E-state index contributed by atoms with van der Waals surface area (Å²) in [6.07, 6.45) is 1.21. The summed E-state index contributed by atoms with van der Waals surface area (Å²) in [5.74, 6) is 0. The van der Waals surface area contributed by atoms with E-state index < -0.39 is 11.7 Å². The molecule has 1 aliphatic carbocycles. The molecule has 0 bridgehead atoms. The fourth-order valence-electron chi connectivity index (χ4n) is 6.26. The maximum Gasteiger partial charge on any atom is 0.416 e. The molecule has 2 atom stereocenters. The van der Waals surface area contributed by atoms with Crippen molar-refractivity contribution in [2.45, 2.75) is 44.8 Å². The van der Waals surface area contributed by atoms with Gasteiger partial charge in [0.1, 0.15) is 6.07 Å². The Morgan fingerprint density at radius 2 is 1.97 bits per heavy atom.